The highest BCUT2D eigenvalue weighted by atomic mass is 32.1. The second-order valence-corrected chi connectivity index (χ2v) is 7.38. The minimum Gasteiger partial charge on any atom is -0.349 e. The number of carbonyl (C=O) groups excluding carboxylic acids is 1. The van der Waals surface area contributed by atoms with E-state index in [1.165, 1.54) is 6.07 Å². The first-order valence-electron chi connectivity index (χ1n) is 8.78. The molecule has 0 unspecified atom stereocenters. The van der Waals surface area contributed by atoms with Gasteiger partial charge in [-0.2, -0.15) is 0 Å². The lowest BCUT2D eigenvalue weighted by Gasteiger charge is -2.16. The van der Waals surface area contributed by atoms with Crippen molar-refractivity contribution in [2.24, 2.45) is 0 Å². The van der Waals surface area contributed by atoms with Gasteiger partial charge < -0.3 is 5.32 Å². The zero-order chi connectivity index (χ0) is 17.9. The summed E-state index contributed by atoms with van der Waals surface area (Å²) in [5.41, 5.74) is 0.856. The largest absolute Gasteiger partial charge is 0.349 e. The molecule has 1 amide bonds. The van der Waals surface area contributed by atoms with Gasteiger partial charge in [-0.3, -0.25) is 9.69 Å². The molecule has 1 N–H and O–H groups in total. The highest BCUT2D eigenvalue weighted by molar-refractivity contribution is 7.09. The van der Waals surface area contributed by atoms with Crippen LogP contribution in [0.25, 0.3) is 0 Å². The van der Waals surface area contributed by atoms with Crippen molar-refractivity contribution in [3.05, 3.63) is 51.7 Å². The zero-order valence-electron chi connectivity index (χ0n) is 14.7. The molecular formula is C19H24FN3OS. The molecule has 1 saturated carbocycles. The molecule has 0 atom stereocenters. The number of halogens is 1. The highest BCUT2D eigenvalue weighted by Crippen LogP contribution is 2.49. The Morgan fingerprint density at radius 2 is 2.04 bits per heavy atom. The number of benzene rings is 1. The predicted molar refractivity (Wildman–Crippen MR) is 97.9 cm³/mol. The number of thiazole rings is 1. The second-order valence-electron chi connectivity index (χ2n) is 6.44. The van der Waals surface area contributed by atoms with Gasteiger partial charge in [0.25, 0.3) is 0 Å². The Kier molecular flexibility index (Phi) is 5.49. The van der Waals surface area contributed by atoms with Crippen molar-refractivity contribution in [3.63, 3.8) is 0 Å². The van der Waals surface area contributed by atoms with Crippen molar-refractivity contribution in [2.75, 3.05) is 13.1 Å². The lowest BCUT2D eigenvalue weighted by Crippen LogP contribution is -2.34. The molecule has 1 aromatic heterocycles. The van der Waals surface area contributed by atoms with Crippen LogP contribution in [0.4, 0.5) is 4.39 Å². The number of amides is 1. The Bertz CT molecular complexity index is 738. The maximum Gasteiger partial charge on any atom is 0.231 e. The minimum absolute atomic E-state index is 0.0990. The third-order valence-electron chi connectivity index (χ3n) is 4.85. The van der Waals surface area contributed by atoms with E-state index < -0.39 is 5.41 Å². The summed E-state index contributed by atoms with van der Waals surface area (Å²) in [6, 6.07) is 6.57. The number of nitrogens with one attached hydrogen (secondary N) is 1. The summed E-state index contributed by atoms with van der Waals surface area (Å²) in [5, 5.41) is 5.88. The van der Waals surface area contributed by atoms with Crippen LogP contribution in [-0.2, 0) is 23.3 Å². The normalized spacial score (nSPS) is 15.4. The van der Waals surface area contributed by atoms with Crippen LogP contribution in [-0.4, -0.2) is 28.9 Å². The van der Waals surface area contributed by atoms with Crippen LogP contribution in [0.5, 0.6) is 0 Å². The molecule has 25 heavy (non-hydrogen) atoms. The van der Waals surface area contributed by atoms with E-state index in [-0.39, 0.29) is 11.7 Å². The molecule has 0 spiro atoms. The number of nitrogens with zero attached hydrogens (tertiary/aromatic N) is 2. The van der Waals surface area contributed by atoms with Crippen LogP contribution < -0.4 is 5.32 Å². The van der Waals surface area contributed by atoms with Crippen LogP contribution in [0.2, 0.25) is 0 Å². The van der Waals surface area contributed by atoms with Crippen LogP contribution in [0.15, 0.2) is 29.6 Å². The van der Waals surface area contributed by atoms with E-state index >= 15 is 0 Å². The number of aromatic nitrogens is 1. The second kappa shape index (κ2) is 7.62. The van der Waals surface area contributed by atoms with Gasteiger partial charge in [-0.25, -0.2) is 9.37 Å². The third kappa shape index (κ3) is 3.90. The number of rotatable bonds is 8. The monoisotopic (exact) mass is 361 g/mol. The van der Waals surface area contributed by atoms with E-state index in [1.807, 2.05) is 5.38 Å². The van der Waals surface area contributed by atoms with Crippen molar-refractivity contribution in [2.45, 2.75) is 45.2 Å². The summed E-state index contributed by atoms with van der Waals surface area (Å²) >= 11 is 1.56. The van der Waals surface area contributed by atoms with Gasteiger partial charge in [0.1, 0.15) is 10.8 Å². The molecular weight excluding hydrogens is 337 g/mol. The summed E-state index contributed by atoms with van der Waals surface area (Å²) in [6.45, 7) is 7.48. The first kappa shape index (κ1) is 18.0. The van der Waals surface area contributed by atoms with Crippen molar-refractivity contribution in [1.82, 2.24) is 15.2 Å². The Morgan fingerprint density at radius 1 is 1.32 bits per heavy atom. The Morgan fingerprint density at radius 3 is 2.68 bits per heavy atom. The summed E-state index contributed by atoms with van der Waals surface area (Å²) in [6.07, 6.45) is 1.40. The van der Waals surface area contributed by atoms with E-state index in [1.54, 1.807) is 29.5 Å². The molecule has 3 rings (SSSR count). The molecule has 1 aliphatic carbocycles. The molecule has 6 heteroatoms. The molecule has 1 heterocycles. The molecule has 1 fully saturated rings. The molecule has 1 aromatic carbocycles. The average Bonchev–Trinajstić information content (AvgIpc) is 3.31. The molecule has 0 radical (unpaired) electrons. The van der Waals surface area contributed by atoms with Gasteiger partial charge in [0.05, 0.1) is 17.7 Å². The lowest BCUT2D eigenvalue weighted by molar-refractivity contribution is -0.123. The number of hydrogen-bond donors (Lipinski definition) is 1. The van der Waals surface area contributed by atoms with Gasteiger partial charge in [-0.05, 0) is 32.0 Å². The molecule has 1 aliphatic rings. The maximum atomic E-state index is 14.0. The van der Waals surface area contributed by atoms with E-state index in [4.69, 9.17) is 0 Å². The fourth-order valence-corrected chi connectivity index (χ4v) is 3.82. The first-order chi connectivity index (χ1) is 12.1. The summed E-state index contributed by atoms with van der Waals surface area (Å²) in [5.74, 6) is -0.399. The van der Waals surface area contributed by atoms with Gasteiger partial charge in [0.15, 0.2) is 0 Å². The Hall–Kier alpha value is -1.79. The van der Waals surface area contributed by atoms with Crippen LogP contribution >= 0.6 is 11.3 Å². The van der Waals surface area contributed by atoms with Gasteiger partial charge in [-0.1, -0.05) is 32.0 Å². The van der Waals surface area contributed by atoms with Crippen LogP contribution in [0.1, 0.15) is 43.0 Å². The summed E-state index contributed by atoms with van der Waals surface area (Å²) < 4.78 is 14.0. The summed E-state index contributed by atoms with van der Waals surface area (Å²) in [7, 11) is 0. The molecule has 0 aliphatic heterocycles. The fourth-order valence-electron chi connectivity index (χ4n) is 3.10. The van der Waals surface area contributed by atoms with Crippen LogP contribution in [0, 0.1) is 5.82 Å². The average molecular weight is 361 g/mol. The SMILES string of the molecule is CCN(CC)Cc1csc(CNC(=O)C2(c3ccccc3F)CC2)n1. The topological polar surface area (TPSA) is 45.2 Å². The number of carbonyl (C=O) groups is 1. The first-order valence-corrected chi connectivity index (χ1v) is 9.66. The minimum atomic E-state index is -0.688. The maximum absolute atomic E-state index is 14.0. The molecule has 4 nitrogen and oxygen atoms in total. The van der Waals surface area contributed by atoms with Crippen molar-refractivity contribution in [3.8, 4) is 0 Å². The number of hydrogen-bond acceptors (Lipinski definition) is 4. The Balaban J connectivity index is 1.60. The highest BCUT2D eigenvalue weighted by Gasteiger charge is 2.52. The lowest BCUT2D eigenvalue weighted by atomic mass is 9.94. The van der Waals surface area contributed by atoms with E-state index in [0.717, 1.165) is 30.3 Å². The van der Waals surface area contributed by atoms with Crippen molar-refractivity contribution < 1.29 is 9.18 Å². The van der Waals surface area contributed by atoms with Crippen molar-refractivity contribution >= 4 is 17.2 Å². The van der Waals surface area contributed by atoms with E-state index in [2.05, 4.69) is 29.0 Å². The van der Waals surface area contributed by atoms with E-state index in [9.17, 15) is 9.18 Å². The summed E-state index contributed by atoms with van der Waals surface area (Å²) in [4.78, 5) is 19.5. The molecule has 0 saturated heterocycles. The standard InChI is InChI=1S/C19H24FN3OS/c1-3-23(4-2)12-14-13-25-17(22-14)11-21-18(24)19(9-10-19)15-7-5-6-8-16(15)20/h5-8,13H,3-4,9-12H2,1-2H3,(H,21,24). The Labute approximate surface area is 152 Å². The van der Waals surface area contributed by atoms with Gasteiger partial charge in [-0.15, -0.1) is 11.3 Å². The van der Waals surface area contributed by atoms with Crippen LogP contribution in [0.3, 0.4) is 0 Å². The molecule has 0 bridgehead atoms. The van der Waals surface area contributed by atoms with Gasteiger partial charge in [0, 0.05) is 17.5 Å². The fraction of sp³-hybridized carbons (Fsp3) is 0.474. The van der Waals surface area contributed by atoms with Gasteiger partial charge >= 0.3 is 0 Å². The van der Waals surface area contributed by atoms with E-state index in [0.29, 0.717) is 24.9 Å². The van der Waals surface area contributed by atoms with Crippen molar-refractivity contribution in [1.29, 1.82) is 0 Å². The predicted octanol–water partition coefficient (Wildman–Crippen LogP) is 3.47. The molecule has 2 aromatic rings. The van der Waals surface area contributed by atoms with Gasteiger partial charge in [0.2, 0.25) is 5.91 Å². The zero-order valence-corrected chi connectivity index (χ0v) is 15.5. The quantitative estimate of drug-likeness (QED) is 0.783. The smallest absolute Gasteiger partial charge is 0.231 e. The molecule has 134 valence electrons. The third-order valence-corrected chi connectivity index (χ3v) is 5.75.